The lowest BCUT2D eigenvalue weighted by Gasteiger charge is -2.03. The highest BCUT2D eigenvalue weighted by molar-refractivity contribution is 14.1. The fraction of sp³-hybridized carbons (Fsp3) is 0.133. The van der Waals surface area contributed by atoms with Crippen LogP contribution in [0, 0.1) is 3.57 Å². The van der Waals surface area contributed by atoms with Gasteiger partial charge in [0.2, 0.25) is 0 Å². The van der Waals surface area contributed by atoms with Gasteiger partial charge in [0.05, 0.1) is 15.7 Å². The molecular weight excluding hydrogens is 465 g/mol. The number of amides is 1. The van der Waals surface area contributed by atoms with Gasteiger partial charge in [-0.25, -0.2) is 4.79 Å². The number of carbonyl (C=O) groups excluding carboxylic acids is 2. The fourth-order valence-electron chi connectivity index (χ4n) is 2.17. The number of benzene rings is 1. The molecule has 9 heteroatoms. The van der Waals surface area contributed by atoms with Crippen LogP contribution in [0.2, 0.25) is 5.02 Å². The molecular formula is C15H11ClIN3O3S. The molecule has 0 aliphatic rings. The Kier molecular flexibility index (Phi) is 4.79. The minimum absolute atomic E-state index is 0.296. The van der Waals surface area contributed by atoms with Crippen molar-refractivity contribution in [1.82, 2.24) is 9.78 Å². The van der Waals surface area contributed by atoms with Crippen LogP contribution in [-0.4, -0.2) is 28.8 Å². The maximum absolute atomic E-state index is 12.3. The number of rotatable bonds is 3. The van der Waals surface area contributed by atoms with Crippen molar-refractivity contribution in [2.75, 3.05) is 12.4 Å². The van der Waals surface area contributed by atoms with E-state index in [1.807, 2.05) is 0 Å². The number of ether oxygens (including phenoxy) is 1. The number of carbonyl (C=O) groups is 2. The van der Waals surface area contributed by atoms with Crippen LogP contribution in [0.15, 0.2) is 24.4 Å². The zero-order valence-corrected chi connectivity index (χ0v) is 16.3. The standard InChI is InChI=1S/C15H11ClIN3O3S/c1-20-6-9(17)12(19-20)14(21)18-7-3-4-8-10(5-7)24-13(11(8)16)15(22)23-2/h3-6H,1-2H3,(H,18,21). The normalized spacial score (nSPS) is 10.8. The molecule has 1 amide bonds. The number of aromatic nitrogens is 2. The monoisotopic (exact) mass is 475 g/mol. The third-order valence-corrected chi connectivity index (χ3v) is 5.68. The van der Waals surface area contributed by atoms with Gasteiger partial charge < -0.3 is 10.1 Å². The number of methoxy groups -OCH3 is 1. The molecule has 0 atom stereocenters. The first-order chi connectivity index (χ1) is 11.4. The summed E-state index contributed by atoms with van der Waals surface area (Å²) in [6.45, 7) is 0. The predicted molar refractivity (Wildman–Crippen MR) is 102 cm³/mol. The molecule has 2 heterocycles. The molecule has 1 N–H and O–H groups in total. The second-order valence-electron chi connectivity index (χ2n) is 4.90. The lowest BCUT2D eigenvalue weighted by molar-refractivity contribution is 0.0606. The summed E-state index contributed by atoms with van der Waals surface area (Å²) in [4.78, 5) is 24.4. The van der Waals surface area contributed by atoms with Crippen molar-refractivity contribution in [3.8, 4) is 0 Å². The highest BCUT2D eigenvalue weighted by Crippen LogP contribution is 2.37. The Bertz CT molecular complexity index is 966. The summed E-state index contributed by atoms with van der Waals surface area (Å²) in [5.74, 6) is -0.773. The number of hydrogen-bond donors (Lipinski definition) is 1. The smallest absolute Gasteiger partial charge is 0.349 e. The Balaban J connectivity index is 1.92. The Morgan fingerprint density at radius 1 is 1.42 bits per heavy atom. The summed E-state index contributed by atoms with van der Waals surface area (Å²) in [6, 6.07) is 5.27. The van der Waals surface area contributed by atoms with Crippen LogP contribution < -0.4 is 5.32 Å². The van der Waals surface area contributed by atoms with Gasteiger partial charge in [0.1, 0.15) is 4.88 Å². The molecule has 0 radical (unpaired) electrons. The van der Waals surface area contributed by atoms with Crippen molar-refractivity contribution in [3.63, 3.8) is 0 Å². The summed E-state index contributed by atoms with van der Waals surface area (Å²) < 4.78 is 7.86. The molecule has 24 heavy (non-hydrogen) atoms. The molecule has 2 aromatic heterocycles. The summed E-state index contributed by atoms with van der Waals surface area (Å²) in [6.07, 6.45) is 1.76. The molecule has 3 rings (SSSR count). The zero-order valence-electron chi connectivity index (χ0n) is 12.6. The predicted octanol–water partition coefficient (Wildman–Crippen LogP) is 3.93. The van der Waals surface area contributed by atoms with Crippen molar-refractivity contribution in [2.45, 2.75) is 0 Å². The Morgan fingerprint density at radius 3 is 2.79 bits per heavy atom. The van der Waals surface area contributed by atoms with Gasteiger partial charge in [-0.05, 0) is 40.8 Å². The number of fused-ring (bicyclic) bond motifs is 1. The van der Waals surface area contributed by atoms with Gasteiger partial charge in [-0.1, -0.05) is 11.6 Å². The van der Waals surface area contributed by atoms with E-state index in [1.54, 1.807) is 36.1 Å². The van der Waals surface area contributed by atoms with Crippen molar-refractivity contribution in [2.24, 2.45) is 7.05 Å². The van der Waals surface area contributed by atoms with Gasteiger partial charge in [-0.15, -0.1) is 11.3 Å². The molecule has 0 unspecified atom stereocenters. The average molecular weight is 476 g/mol. The molecule has 1 aromatic carbocycles. The van der Waals surface area contributed by atoms with E-state index >= 15 is 0 Å². The minimum atomic E-state index is -0.477. The van der Waals surface area contributed by atoms with Crippen molar-refractivity contribution >= 4 is 73.2 Å². The van der Waals surface area contributed by atoms with Gasteiger partial charge in [0, 0.05) is 29.0 Å². The van der Waals surface area contributed by atoms with Crippen molar-refractivity contribution < 1.29 is 14.3 Å². The Hall–Kier alpha value is -1.65. The van der Waals surface area contributed by atoms with Gasteiger partial charge in [0.25, 0.3) is 5.91 Å². The molecule has 0 spiro atoms. The number of nitrogens with one attached hydrogen (secondary N) is 1. The first-order valence-electron chi connectivity index (χ1n) is 6.71. The molecule has 0 saturated carbocycles. The lowest BCUT2D eigenvalue weighted by Crippen LogP contribution is -2.14. The van der Waals surface area contributed by atoms with Crippen LogP contribution >= 0.6 is 45.5 Å². The number of thiophene rings is 1. The number of esters is 1. The van der Waals surface area contributed by atoms with Crippen LogP contribution in [0.5, 0.6) is 0 Å². The third-order valence-electron chi connectivity index (χ3n) is 3.26. The number of nitrogens with zero attached hydrogens (tertiary/aromatic N) is 2. The third kappa shape index (κ3) is 3.13. The number of aryl methyl sites for hydroxylation is 1. The topological polar surface area (TPSA) is 73.2 Å². The summed E-state index contributed by atoms with van der Waals surface area (Å²) in [5, 5.41) is 8.05. The highest BCUT2D eigenvalue weighted by atomic mass is 127. The fourth-order valence-corrected chi connectivity index (χ4v) is 4.39. The van der Waals surface area contributed by atoms with Crippen molar-refractivity contribution in [1.29, 1.82) is 0 Å². The SMILES string of the molecule is COC(=O)c1sc2cc(NC(=O)c3nn(C)cc3I)ccc2c1Cl. The summed E-state index contributed by atoms with van der Waals surface area (Å²) in [5.41, 5.74) is 0.959. The lowest BCUT2D eigenvalue weighted by atomic mass is 10.2. The average Bonchev–Trinajstić information content (AvgIpc) is 3.06. The molecule has 0 saturated heterocycles. The molecule has 124 valence electrons. The van der Waals surface area contributed by atoms with E-state index in [0.717, 1.165) is 13.7 Å². The van der Waals surface area contributed by atoms with E-state index in [0.29, 0.717) is 21.3 Å². The van der Waals surface area contributed by atoms with Crippen LogP contribution in [0.4, 0.5) is 5.69 Å². The number of halogens is 2. The maximum Gasteiger partial charge on any atom is 0.349 e. The maximum atomic E-state index is 12.3. The molecule has 0 aliphatic carbocycles. The van der Waals surface area contributed by atoms with Gasteiger partial charge in [-0.2, -0.15) is 5.10 Å². The second kappa shape index (κ2) is 6.69. The van der Waals surface area contributed by atoms with Gasteiger partial charge in [-0.3, -0.25) is 9.48 Å². The number of hydrogen-bond acceptors (Lipinski definition) is 5. The van der Waals surface area contributed by atoms with Crippen LogP contribution in [-0.2, 0) is 11.8 Å². The van der Waals surface area contributed by atoms with E-state index < -0.39 is 5.97 Å². The minimum Gasteiger partial charge on any atom is -0.465 e. The molecule has 6 nitrogen and oxygen atoms in total. The highest BCUT2D eigenvalue weighted by Gasteiger charge is 2.19. The first kappa shape index (κ1) is 17.2. The number of anilines is 1. The summed E-state index contributed by atoms with van der Waals surface area (Å²) >= 11 is 9.50. The first-order valence-corrected chi connectivity index (χ1v) is 8.99. The van der Waals surface area contributed by atoms with E-state index in [-0.39, 0.29) is 5.91 Å². The molecule has 0 aliphatic heterocycles. The van der Waals surface area contributed by atoms with Gasteiger partial charge in [0.15, 0.2) is 5.69 Å². The van der Waals surface area contributed by atoms with Crippen molar-refractivity contribution in [3.05, 3.63) is 43.6 Å². The van der Waals surface area contributed by atoms with Crippen LogP contribution in [0.1, 0.15) is 20.2 Å². The second-order valence-corrected chi connectivity index (χ2v) is 7.49. The Labute approximate surface area is 159 Å². The van der Waals surface area contributed by atoms with Crippen LogP contribution in [0.3, 0.4) is 0 Å². The zero-order chi connectivity index (χ0) is 17.4. The Morgan fingerprint density at radius 2 is 2.17 bits per heavy atom. The molecule has 3 aromatic rings. The van der Waals surface area contributed by atoms with E-state index in [4.69, 9.17) is 16.3 Å². The van der Waals surface area contributed by atoms with E-state index in [1.165, 1.54) is 18.4 Å². The van der Waals surface area contributed by atoms with Crippen LogP contribution in [0.25, 0.3) is 10.1 Å². The largest absolute Gasteiger partial charge is 0.465 e. The van der Waals surface area contributed by atoms with E-state index in [2.05, 4.69) is 33.0 Å². The quantitative estimate of drug-likeness (QED) is 0.460. The van der Waals surface area contributed by atoms with Gasteiger partial charge >= 0.3 is 5.97 Å². The summed E-state index contributed by atoms with van der Waals surface area (Å²) in [7, 11) is 3.07. The molecule has 0 bridgehead atoms. The van der Waals surface area contributed by atoms with E-state index in [9.17, 15) is 9.59 Å². The molecule has 0 fully saturated rings.